The second-order valence-electron chi connectivity index (χ2n) is 10.2. The molecule has 43 heavy (non-hydrogen) atoms. The summed E-state index contributed by atoms with van der Waals surface area (Å²) in [5, 5.41) is 9.27. The normalized spacial score (nSPS) is 14.5. The summed E-state index contributed by atoms with van der Waals surface area (Å²) >= 11 is 13.6. The summed E-state index contributed by atoms with van der Waals surface area (Å²) in [7, 11) is 2.73. The zero-order valence-electron chi connectivity index (χ0n) is 23.3. The number of pyridine rings is 1. The molecule has 0 saturated carbocycles. The molecule has 5 rings (SSSR count). The summed E-state index contributed by atoms with van der Waals surface area (Å²) in [6.07, 6.45) is 2.46. The molecule has 1 saturated heterocycles. The Morgan fingerprint density at radius 1 is 0.953 bits per heavy atom. The fourth-order valence-electron chi connectivity index (χ4n) is 4.95. The van der Waals surface area contributed by atoms with Crippen LogP contribution in [0.2, 0.25) is 10.0 Å². The zero-order valence-corrected chi connectivity index (χ0v) is 24.8. The molecule has 4 aromatic rings. The van der Waals surface area contributed by atoms with Gasteiger partial charge in [-0.05, 0) is 18.6 Å². The largest absolute Gasteiger partial charge is 0.352 e. The van der Waals surface area contributed by atoms with Crippen molar-refractivity contribution in [3.8, 4) is 22.4 Å². The molecule has 4 N–H and O–H groups in total. The fourth-order valence-corrected chi connectivity index (χ4v) is 5.55. The Bertz CT molecular complexity index is 1930. The number of carbonyl (C=O) groups is 2. The van der Waals surface area contributed by atoms with E-state index in [9.17, 15) is 24.0 Å². The molecule has 13 heteroatoms. The number of aryl methyl sites for hydroxylation is 1. The van der Waals surface area contributed by atoms with Gasteiger partial charge in [0, 0.05) is 73.8 Å². The van der Waals surface area contributed by atoms with Crippen molar-refractivity contribution in [2.24, 2.45) is 14.1 Å². The third-order valence-electron chi connectivity index (χ3n) is 7.30. The first kappa shape index (κ1) is 30.0. The molecule has 2 aromatic carbocycles. The maximum atomic E-state index is 13.0. The summed E-state index contributed by atoms with van der Waals surface area (Å²) in [5.41, 5.74) is 1.15. The van der Waals surface area contributed by atoms with Crippen LogP contribution in [0, 0.1) is 0 Å². The van der Waals surface area contributed by atoms with Gasteiger partial charge in [-0.3, -0.25) is 23.7 Å². The SMILES string of the molecule is Cn1cc(C(=O)Nc2cccc(-c3cccc(-c4ccc(CNCC5CCC(=O)N5)c(=O)[nH]4)c3Cl)c2Cl)c(=O)n(C)c1=O. The van der Waals surface area contributed by atoms with E-state index >= 15 is 0 Å². The van der Waals surface area contributed by atoms with Gasteiger partial charge in [-0.1, -0.05) is 59.6 Å². The minimum atomic E-state index is -0.735. The van der Waals surface area contributed by atoms with Crippen LogP contribution in [-0.2, 0) is 25.4 Å². The molecule has 11 nitrogen and oxygen atoms in total. The molecule has 1 aliphatic rings. The molecular weight excluding hydrogens is 595 g/mol. The number of aromatic amines is 1. The van der Waals surface area contributed by atoms with E-state index in [-0.39, 0.29) is 33.8 Å². The average Bonchev–Trinajstić information content (AvgIpc) is 3.40. The summed E-state index contributed by atoms with van der Waals surface area (Å²) in [6.45, 7) is 0.915. The molecule has 0 spiro atoms. The number of amides is 2. The highest BCUT2D eigenvalue weighted by Crippen LogP contribution is 2.40. The van der Waals surface area contributed by atoms with Crippen molar-refractivity contribution in [2.45, 2.75) is 25.4 Å². The van der Waals surface area contributed by atoms with Crippen LogP contribution in [-0.4, -0.2) is 38.5 Å². The summed E-state index contributed by atoms with van der Waals surface area (Å²) in [4.78, 5) is 64.6. The quantitative estimate of drug-likeness (QED) is 0.237. The lowest BCUT2D eigenvalue weighted by Crippen LogP contribution is -2.40. The number of anilines is 1. The van der Waals surface area contributed by atoms with Gasteiger partial charge in [0.15, 0.2) is 0 Å². The highest BCUT2D eigenvalue weighted by Gasteiger charge is 2.21. The highest BCUT2D eigenvalue weighted by atomic mass is 35.5. The first-order chi connectivity index (χ1) is 20.5. The summed E-state index contributed by atoms with van der Waals surface area (Å²) in [5.74, 6) is -0.686. The van der Waals surface area contributed by atoms with Gasteiger partial charge in [0.05, 0.1) is 15.7 Å². The number of nitrogens with zero attached hydrogens (tertiary/aromatic N) is 2. The van der Waals surface area contributed by atoms with Crippen LogP contribution in [0.5, 0.6) is 0 Å². The maximum Gasteiger partial charge on any atom is 0.330 e. The standard InChI is InChI=1S/C30H28Cl2N6O5/c1-37-15-21(29(42)38(2)30(37)43)28(41)36-23-8-4-6-19(26(23)32)18-5-3-7-20(25(18)31)22-11-9-16(27(40)35-22)13-33-14-17-10-12-24(39)34-17/h3-9,11,15,17,33H,10,12-14H2,1-2H3,(H,34,39)(H,35,40)(H,36,41). The summed E-state index contributed by atoms with van der Waals surface area (Å²) in [6, 6.07) is 13.9. The molecule has 3 heterocycles. The molecule has 0 radical (unpaired) electrons. The summed E-state index contributed by atoms with van der Waals surface area (Å²) < 4.78 is 1.99. The zero-order chi connectivity index (χ0) is 30.8. The Morgan fingerprint density at radius 2 is 1.65 bits per heavy atom. The lowest BCUT2D eigenvalue weighted by molar-refractivity contribution is -0.119. The van der Waals surface area contributed by atoms with Gasteiger partial charge in [-0.2, -0.15) is 0 Å². The smallest absolute Gasteiger partial charge is 0.330 e. The van der Waals surface area contributed by atoms with Gasteiger partial charge >= 0.3 is 5.69 Å². The minimum Gasteiger partial charge on any atom is -0.352 e. The van der Waals surface area contributed by atoms with Gasteiger partial charge in [0.2, 0.25) is 5.91 Å². The van der Waals surface area contributed by atoms with Crippen molar-refractivity contribution < 1.29 is 9.59 Å². The second-order valence-corrected chi connectivity index (χ2v) is 11.0. The third-order valence-corrected chi connectivity index (χ3v) is 8.11. The lowest BCUT2D eigenvalue weighted by atomic mass is 10.00. The van der Waals surface area contributed by atoms with Crippen molar-refractivity contribution in [3.63, 3.8) is 0 Å². The van der Waals surface area contributed by atoms with Crippen LogP contribution < -0.4 is 32.8 Å². The van der Waals surface area contributed by atoms with E-state index in [2.05, 4.69) is 20.9 Å². The predicted molar refractivity (Wildman–Crippen MR) is 166 cm³/mol. The van der Waals surface area contributed by atoms with Crippen molar-refractivity contribution >= 4 is 40.7 Å². The molecule has 0 aliphatic carbocycles. The van der Waals surface area contributed by atoms with E-state index in [1.165, 1.54) is 20.3 Å². The number of benzene rings is 2. The molecule has 1 fully saturated rings. The number of hydrogen-bond donors (Lipinski definition) is 4. The first-order valence-corrected chi connectivity index (χ1v) is 14.2. The fraction of sp³-hybridized carbons (Fsp3) is 0.233. The molecule has 1 atom stereocenters. The Hall–Kier alpha value is -4.45. The third kappa shape index (κ3) is 6.19. The molecule has 1 aliphatic heterocycles. The topological polar surface area (TPSA) is 147 Å². The number of halogens is 2. The Kier molecular flexibility index (Phi) is 8.67. The molecule has 222 valence electrons. The molecule has 0 bridgehead atoms. The second kappa shape index (κ2) is 12.4. The lowest BCUT2D eigenvalue weighted by Gasteiger charge is -2.15. The van der Waals surface area contributed by atoms with Gasteiger partial charge in [0.25, 0.3) is 17.0 Å². The van der Waals surface area contributed by atoms with Crippen LogP contribution in [0.15, 0.2) is 69.1 Å². The van der Waals surface area contributed by atoms with Gasteiger partial charge < -0.3 is 25.5 Å². The van der Waals surface area contributed by atoms with E-state index in [0.29, 0.717) is 52.5 Å². The van der Waals surface area contributed by atoms with Crippen LogP contribution in [0.25, 0.3) is 22.4 Å². The van der Waals surface area contributed by atoms with Crippen molar-refractivity contribution in [2.75, 3.05) is 11.9 Å². The van der Waals surface area contributed by atoms with E-state index in [1.54, 1.807) is 48.5 Å². The van der Waals surface area contributed by atoms with Crippen LogP contribution >= 0.6 is 23.2 Å². The molecule has 2 aromatic heterocycles. The number of aromatic nitrogens is 3. The Balaban J connectivity index is 1.38. The van der Waals surface area contributed by atoms with Crippen LogP contribution in [0.3, 0.4) is 0 Å². The molecular formula is C30H28Cl2N6O5. The number of carbonyl (C=O) groups excluding carboxylic acids is 2. The number of H-pyrrole nitrogens is 1. The van der Waals surface area contributed by atoms with Crippen molar-refractivity contribution in [3.05, 3.63) is 107 Å². The monoisotopic (exact) mass is 622 g/mol. The highest BCUT2D eigenvalue weighted by molar-refractivity contribution is 6.39. The van der Waals surface area contributed by atoms with Crippen LogP contribution in [0.1, 0.15) is 28.8 Å². The van der Waals surface area contributed by atoms with Gasteiger partial charge in [-0.25, -0.2) is 4.79 Å². The first-order valence-electron chi connectivity index (χ1n) is 13.4. The number of rotatable bonds is 8. The van der Waals surface area contributed by atoms with E-state index in [4.69, 9.17) is 23.2 Å². The minimum absolute atomic E-state index is 0.0410. The van der Waals surface area contributed by atoms with E-state index in [1.807, 2.05) is 0 Å². The van der Waals surface area contributed by atoms with Gasteiger partial charge in [0.1, 0.15) is 5.56 Å². The van der Waals surface area contributed by atoms with E-state index < -0.39 is 17.2 Å². The molecule has 2 amide bonds. The Morgan fingerprint density at radius 3 is 2.35 bits per heavy atom. The van der Waals surface area contributed by atoms with Crippen molar-refractivity contribution in [1.82, 2.24) is 24.8 Å². The average molecular weight is 623 g/mol. The molecule has 1 unspecified atom stereocenters. The van der Waals surface area contributed by atoms with Gasteiger partial charge in [-0.15, -0.1) is 0 Å². The van der Waals surface area contributed by atoms with Crippen molar-refractivity contribution in [1.29, 1.82) is 0 Å². The van der Waals surface area contributed by atoms with Crippen LogP contribution in [0.4, 0.5) is 5.69 Å². The number of hydrogen-bond acceptors (Lipinski definition) is 6. The van der Waals surface area contributed by atoms with E-state index in [0.717, 1.165) is 15.6 Å². The Labute approximate surface area is 255 Å². The predicted octanol–water partition coefficient (Wildman–Crippen LogP) is 3.03. The number of nitrogens with one attached hydrogen (secondary N) is 4. The maximum absolute atomic E-state index is 13.0.